The van der Waals surface area contributed by atoms with Crippen LogP contribution in [-0.4, -0.2) is 52.3 Å². The molecule has 1 aliphatic heterocycles. The topological polar surface area (TPSA) is 114 Å². The van der Waals surface area contributed by atoms with E-state index in [0.717, 1.165) is 22.9 Å². The van der Waals surface area contributed by atoms with Crippen LogP contribution < -0.4 is 10.1 Å². The maximum Gasteiger partial charge on any atom is 0.326 e. The van der Waals surface area contributed by atoms with Gasteiger partial charge in [0.15, 0.2) is 0 Å². The first-order valence-corrected chi connectivity index (χ1v) is 9.39. The number of fused-ring (bicyclic) bond motifs is 1. The van der Waals surface area contributed by atoms with Crippen molar-refractivity contribution < 1.29 is 24.2 Å². The summed E-state index contributed by atoms with van der Waals surface area (Å²) in [4.78, 5) is 31.6. The van der Waals surface area contributed by atoms with Crippen LogP contribution in [0.4, 0.5) is 0 Å². The number of amides is 1. The van der Waals surface area contributed by atoms with Crippen LogP contribution in [0.2, 0.25) is 0 Å². The number of para-hydroxylation sites is 1. The summed E-state index contributed by atoms with van der Waals surface area (Å²) in [6, 6.07) is 9.60. The Morgan fingerprint density at radius 2 is 2.21 bits per heavy atom. The summed E-state index contributed by atoms with van der Waals surface area (Å²) in [6.45, 7) is 1.13. The van der Waals surface area contributed by atoms with Crippen LogP contribution in [0.15, 0.2) is 48.8 Å². The first-order valence-electron chi connectivity index (χ1n) is 9.39. The minimum absolute atomic E-state index is 0.0885. The third-order valence-corrected chi connectivity index (χ3v) is 4.87. The van der Waals surface area contributed by atoms with Gasteiger partial charge in [-0.05, 0) is 17.7 Å². The minimum Gasteiger partial charge on any atom is -0.480 e. The zero-order valence-electron chi connectivity index (χ0n) is 15.6. The van der Waals surface area contributed by atoms with Crippen LogP contribution in [0, 0.1) is 0 Å². The van der Waals surface area contributed by atoms with E-state index in [1.54, 1.807) is 6.20 Å². The molecule has 3 N–H and O–H groups in total. The van der Waals surface area contributed by atoms with Crippen molar-refractivity contribution in [2.45, 2.75) is 25.0 Å². The van der Waals surface area contributed by atoms with Gasteiger partial charge in [-0.25, -0.2) is 9.78 Å². The summed E-state index contributed by atoms with van der Waals surface area (Å²) in [5, 5.41) is 13.1. The average molecular weight is 395 g/mol. The van der Waals surface area contributed by atoms with E-state index < -0.39 is 17.9 Å². The largest absolute Gasteiger partial charge is 0.480 e. The molecular weight excluding hydrogens is 374 g/mol. The molecule has 0 saturated carbocycles. The van der Waals surface area contributed by atoms with Crippen molar-refractivity contribution in [1.29, 1.82) is 0 Å². The smallest absolute Gasteiger partial charge is 0.326 e. The Bertz CT molecular complexity index is 1030. The van der Waals surface area contributed by atoms with E-state index in [1.165, 1.54) is 18.3 Å². The highest BCUT2D eigenvalue weighted by molar-refractivity contribution is 5.97. The van der Waals surface area contributed by atoms with Crippen LogP contribution in [0.3, 0.4) is 0 Å². The fourth-order valence-corrected chi connectivity index (χ4v) is 3.35. The van der Waals surface area contributed by atoms with Crippen molar-refractivity contribution in [3.05, 3.63) is 59.9 Å². The number of nitrogens with one attached hydrogen (secondary N) is 2. The number of carboxylic acids is 1. The lowest BCUT2D eigenvalue weighted by Crippen LogP contribution is -2.42. The van der Waals surface area contributed by atoms with Crippen molar-refractivity contribution in [3.8, 4) is 5.88 Å². The molecule has 29 heavy (non-hydrogen) atoms. The molecule has 2 atom stereocenters. The average Bonchev–Trinajstić information content (AvgIpc) is 3.38. The summed E-state index contributed by atoms with van der Waals surface area (Å²) in [7, 11) is 0. The Morgan fingerprint density at radius 3 is 3.00 bits per heavy atom. The molecule has 1 amide bonds. The van der Waals surface area contributed by atoms with E-state index >= 15 is 0 Å². The van der Waals surface area contributed by atoms with Crippen molar-refractivity contribution >= 4 is 22.8 Å². The molecule has 8 nitrogen and oxygen atoms in total. The zero-order chi connectivity index (χ0) is 20.2. The molecular formula is C21H21N3O5. The van der Waals surface area contributed by atoms with Gasteiger partial charge < -0.3 is 24.9 Å². The molecule has 0 radical (unpaired) electrons. The van der Waals surface area contributed by atoms with Crippen LogP contribution >= 0.6 is 0 Å². The second-order valence-electron chi connectivity index (χ2n) is 6.91. The van der Waals surface area contributed by atoms with Gasteiger partial charge in [0.25, 0.3) is 5.91 Å². The van der Waals surface area contributed by atoms with Gasteiger partial charge in [0.05, 0.1) is 13.2 Å². The molecule has 1 fully saturated rings. The lowest BCUT2D eigenvalue weighted by atomic mass is 10.0. The molecule has 150 valence electrons. The molecule has 0 aliphatic carbocycles. The van der Waals surface area contributed by atoms with E-state index in [2.05, 4.69) is 15.3 Å². The highest BCUT2D eigenvalue weighted by Crippen LogP contribution is 2.20. The Morgan fingerprint density at radius 1 is 1.34 bits per heavy atom. The fourth-order valence-electron chi connectivity index (χ4n) is 3.35. The van der Waals surface area contributed by atoms with Gasteiger partial charge in [-0.2, -0.15) is 0 Å². The lowest BCUT2D eigenvalue weighted by Gasteiger charge is -2.15. The summed E-state index contributed by atoms with van der Waals surface area (Å²) >= 11 is 0. The van der Waals surface area contributed by atoms with Gasteiger partial charge in [-0.3, -0.25) is 4.79 Å². The Kier molecular flexibility index (Phi) is 5.44. The third kappa shape index (κ3) is 4.38. The molecule has 4 rings (SSSR count). The summed E-state index contributed by atoms with van der Waals surface area (Å²) in [5.41, 5.74) is 2.04. The highest BCUT2D eigenvalue weighted by atomic mass is 16.5. The van der Waals surface area contributed by atoms with Crippen LogP contribution in [0.25, 0.3) is 10.9 Å². The van der Waals surface area contributed by atoms with E-state index in [0.29, 0.717) is 24.7 Å². The van der Waals surface area contributed by atoms with Gasteiger partial charge in [-0.15, -0.1) is 0 Å². The van der Waals surface area contributed by atoms with Crippen LogP contribution in [0.1, 0.15) is 22.3 Å². The van der Waals surface area contributed by atoms with Gasteiger partial charge in [0, 0.05) is 47.8 Å². The Balaban J connectivity index is 1.47. The van der Waals surface area contributed by atoms with Crippen molar-refractivity contribution in [1.82, 2.24) is 15.3 Å². The van der Waals surface area contributed by atoms with Crippen LogP contribution in [0.5, 0.6) is 5.88 Å². The maximum atomic E-state index is 12.7. The number of aromatic amines is 1. The molecule has 1 saturated heterocycles. The van der Waals surface area contributed by atoms with Gasteiger partial charge in [-0.1, -0.05) is 18.2 Å². The van der Waals surface area contributed by atoms with Crippen molar-refractivity contribution in [3.63, 3.8) is 0 Å². The summed E-state index contributed by atoms with van der Waals surface area (Å²) < 4.78 is 11.0. The maximum absolute atomic E-state index is 12.7. The fraction of sp³-hybridized carbons (Fsp3) is 0.286. The first kappa shape index (κ1) is 18.9. The monoisotopic (exact) mass is 395 g/mol. The SMILES string of the molecule is O=C(NC(Cc1c[nH]c2ccccc12)C(=O)O)c1ccnc(OC2CCOC2)c1. The molecule has 0 spiro atoms. The molecule has 2 aromatic heterocycles. The Hall–Kier alpha value is -3.39. The number of carboxylic acid groups (broad SMARTS) is 1. The minimum atomic E-state index is -1.10. The number of hydrogen-bond acceptors (Lipinski definition) is 5. The van der Waals surface area contributed by atoms with E-state index in [1.807, 2.05) is 24.3 Å². The number of carbonyl (C=O) groups excluding carboxylic acids is 1. The number of pyridine rings is 1. The van der Waals surface area contributed by atoms with Gasteiger partial charge >= 0.3 is 5.97 Å². The molecule has 3 heterocycles. The number of aromatic nitrogens is 2. The van der Waals surface area contributed by atoms with E-state index in [4.69, 9.17) is 9.47 Å². The number of aliphatic carboxylic acids is 1. The molecule has 8 heteroatoms. The highest BCUT2D eigenvalue weighted by Gasteiger charge is 2.23. The molecule has 3 aromatic rings. The van der Waals surface area contributed by atoms with Crippen LogP contribution in [-0.2, 0) is 16.0 Å². The zero-order valence-corrected chi connectivity index (χ0v) is 15.6. The molecule has 2 unspecified atom stereocenters. The second-order valence-corrected chi connectivity index (χ2v) is 6.91. The van der Waals surface area contributed by atoms with E-state index in [-0.39, 0.29) is 12.5 Å². The number of nitrogens with zero attached hydrogens (tertiary/aromatic N) is 1. The Labute approximate surface area is 166 Å². The molecule has 1 aliphatic rings. The summed E-state index contributed by atoms with van der Waals surface area (Å²) in [5.74, 6) is -1.28. The van der Waals surface area contributed by atoms with Gasteiger partial charge in [0.2, 0.25) is 5.88 Å². The van der Waals surface area contributed by atoms with E-state index in [9.17, 15) is 14.7 Å². The normalized spacial score (nSPS) is 17.2. The molecule has 1 aromatic carbocycles. The number of hydrogen-bond donors (Lipinski definition) is 3. The van der Waals surface area contributed by atoms with Crippen molar-refractivity contribution in [2.75, 3.05) is 13.2 Å². The number of ether oxygens (including phenoxy) is 2. The quantitative estimate of drug-likeness (QED) is 0.565. The predicted octanol–water partition coefficient (Wildman–Crippen LogP) is 2.16. The predicted molar refractivity (Wildman–Crippen MR) is 105 cm³/mol. The third-order valence-electron chi connectivity index (χ3n) is 4.87. The summed E-state index contributed by atoms with van der Waals surface area (Å²) in [6.07, 6.45) is 4.09. The van der Waals surface area contributed by atoms with Gasteiger partial charge in [0.1, 0.15) is 12.1 Å². The first-order chi connectivity index (χ1) is 14.1. The molecule has 0 bridgehead atoms. The number of carbonyl (C=O) groups is 2. The lowest BCUT2D eigenvalue weighted by molar-refractivity contribution is -0.139. The standard InChI is InChI=1S/C21H21N3O5/c25-20(13-5-7-22-19(10-13)29-15-6-8-28-12-15)24-18(21(26)27)9-14-11-23-17-4-2-1-3-16(14)17/h1-5,7,10-11,15,18,23H,6,8-9,12H2,(H,24,25)(H,26,27). The second kappa shape index (κ2) is 8.32. The number of H-pyrrole nitrogens is 1. The number of benzene rings is 1. The number of rotatable bonds is 7. The van der Waals surface area contributed by atoms with Crippen molar-refractivity contribution in [2.24, 2.45) is 0 Å².